The Morgan fingerprint density at radius 3 is 2.72 bits per heavy atom. The number of benzene rings is 1. The van der Waals surface area contributed by atoms with Crippen molar-refractivity contribution in [3.8, 4) is 0 Å². The van der Waals surface area contributed by atoms with E-state index in [0.717, 1.165) is 6.07 Å². The van der Waals surface area contributed by atoms with Crippen LogP contribution in [-0.2, 0) is 9.84 Å². The fourth-order valence-corrected chi connectivity index (χ4v) is 3.52. The summed E-state index contributed by atoms with van der Waals surface area (Å²) in [6.45, 7) is 0. The molecule has 7 heteroatoms. The number of sulfone groups is 1. The lowest BCUT2D eigenvalue weighted by Crippen LogP contribution is -2.35. The minimum atomic E-state index is -3.05. The van der Waals surface area contributed by atoms with Gasteiger partial charge in [0, 0.05) is 11.6 Å². The quantitative estimate of drug-likeness (QED) is 0.759. The van der Waals surface area contributed by atoms with Gasteiger partial charge in [0.05, 0.1) is 17.2 Å². The van der Waals surface area contributed by atoms with Crippen molar-refractivity contribution in [2.24, 2.45) is 0 Å². The molecule has 1 aromatic carbocycles. The topological polar surface area (TPSA) is 89.3 Å². The highest BCUT2D eigenvalue weighted by molar-refractivity contribution is 7.91. The number of halogens is 1. The number of rotatable bonds is 2. The molecule has 1 amide bonds. The van der Waals surface area contributed by atoms with E-state index in [1.807, 2.05) is 0 Å². The Morgan fingerprint density at radius 2 is 2.17 bits per heavy atom. The number of amides is 1. The molecule has 3 N–H and O–H groups in total. The van der Waals surface area contributed by atoms with Crippen molar-refractivity contribution in [1.29, 1.82) is 0 Å². The van der Waals surface area contributed by atoms with Crippen LogP contribution in [0.15, 0.2) is 18.2 Å². The van der Waals surface area contributed by atoms with Gasteiger partial charge < -0.3 is 11.1 Å². The molecule has 18 heavy (non-hydrogen) atoms. The van der Waals surface area contributed by atoms with Crippen molar-refractivity contribution >= 4 is 21.4 Å². The predicted octanol–water partition coefficient (Wildman–Crippen LogP) is 0.325. The van der Waals surface area contributed by atoms with Gasteiger partial charge in [0.2, 0.25) is 0 Å². The molecule has 1 aromatic rings. The van der Waals surface area contributed by atoms with Gasteiger partial charge in [0.1, 0.15) is 5.82 Å². The summed E-state index contributed by atoms with van der Waals surface area (Å²) in [5.74, 6) is -1.14. The molecule has 1 aliphatic rings. The Balaban J connectivity index is 2.06. The maximum Gasteiger partial charge on any atom is 0.251 e. The summed E-state index contributed by atoms with van der Waals surface area (Å²) < 4.78 is 35.6. The number of nitrogens with one attached hydrogen (secondary N) is 1. The molecule has 1 fully saturated rings. The van der Waals surface area contributed by atoms with E-state index in [0.29, 0.717) is 6.42 Å². The lowest BCUT2D eigenvalue weighted by molar-refractivity contribution is 0.0940. The Kier molecular flexibility index (Phi) is 3.25. The number of carbonyl (C=O) groups excluding carboxylic acids is 1. The monoisotopic (exact) mass is 272 g/mol. The minimum absolute atomic E-state index is 0.0324. The summed E-state index contributed by atoms with van der Waals surface area (Å²) in [7, 11) is -3.05. The summed E-state index contributed by atoms with van der Waals surface area (Å²) in [6, 6.07) is 3.34. The van der Waals surface area contributed by atoms with Gasteiger partial charge in [0.25, 0.3) is 5.91 Å². The summed E-state index contributed by atoms with van der Waals surface area (Å²) in [5.41, 5.74) is 5.40. The van der Waals surface area contributed by atoms with Gasteiger partial charge in [-0.25, -0.2) is 12.8 Å². The second kappa shape index (κ2) is 4.56. The maximum atomic E-state index is 13.2. The predicted molar refractivity (Wildman–Crippen MR) is 65.3 cm³/mol. The van der Waals surface area contributed by atoms with E-state index in [1.54, 1.807) is 0 Å². The lowest BCUT2D eigenvalue weighted by Gasteiger charge is -2.11. The van der Waals surface area contributed by atoms with Gasteiger partial charge in [-0.05, 0) is 24.6 Å². The minimum Gasteiger partial charge on any atom is -0.396 e. The van der Waals surface area contributed by atoms with Crippen LogP contribution >= 0.6 is 0 Å². The zero-order chi connectivity index (χ0) is 13.3. The molecule has 2 rings (SSSR count). The van der Waals surface area contributed by atoms with Crippen LogP contribution in [0, 0.1) is 5.82 Å². The van der Waals surface area contributed by atoms with Crippen LogP contribution < -0.4 is 11.1 Å². The first-order chi connectivity index (χ1) is 8.37. The van der Waals surface area contributed by atoms with E-state index < -0.39 is 27.6 Å². The zero-order valence-corrected chi connectivity index (χ0v) is 10.3. The molecular weight excluding hydrogens is 259 g/mol. The molecule has 0 radical (unpaired) electrons. The molecule has 98 valence electrons. The fourth-order valence-electron chi connectivity index (χ4n) is 1.85. The highest BCUT2D eigenvalue weighted by Crippen LogP contribution is 2.14. The van der Waals surface area contributed by atoms with Gasteiger partial charge in [-0.2, -0.15) is 0 Å². The van der Waals surface area contributed by atoms with Crippen molar-refractivity contribution in [3.63, 3.8) is 0 Å². The van der Waals surface area contributed by atoms with Crippen LogP contribution in [0.3, 0.4) is 0 Å². The molecule has 1 saturated heterocycles. The standard InChI is InChI=1S/C11H13FN2O3S/c12-9-5-7(1-2-10(9)13)11(15)14-8-3-4-18(16,17)6-8/h1-2,5,8H,3-4,6,13H2,(H,14,15). The number of nitrogens with two attached hydrogens (primary N) is 1. The third kappa shape index (κ3) is 2.79. The van der Waals surface area contributed by atoms with Crippen LogP contribution in [0.5, 0.6) is 0 Å². The zero-order valence-electron chi connectivity index (χ0n) is 9.52. The summed E-state index contributed by atoms with van der Waals surface area (Å²) >= 11 is 0. The molecule has 0 spiro atoms. The van der Waals surface area contributed by atoms with E-state index in [2.05, 4.69) is 5.32 Å². The summed E-state index contributed by atoms with van der Waals surface area (Å²) in [6.07, 6.45) is 0.394. The second-order valence-corrected chi connectivity index (χ2v) is 6.54. The van der Waals surface area contributed by atoms with Crippen LogP contribution in [0.1, 0.15) is 16.8 Å². The molecule has 0 saturated carbocycles. The van der Waals surface area contributed by atoms with Crippen LogP contribution in [-0.4, -0.2) is 31.9 Å². The smallest absolute Gasteiger partial charge is 0.251 e. The Bertz CT molecular complexity index is 586. The summed E-state index contributed by atoms with van der Waals surface area (Å²) in [4.78, 5) is 11.8. The van der Waals surface area contributed by atoms with E-state index in [4.69, 9.17) is 5.73 Å². The third-order valence-electron chi connectivity index (χ3n) is 2.83. The highest BCUT2D eigenvalue weighted by Gasteiger charge is 2.29. The van der Waals surface area contributed by atoms with E-state index in [-0.39, 0.29) is 22.8 Å². The molecule has 1 aliphatic heterocycles. The SMILES string of the molecule is Nc1ccc(C(=O)NC2CCS(=O)(=O)C2)cc1F. The first-order valence-corrected chi connectivity index (χ1v) is 7.26. The molecule has 1 atom stereocenters. The summed E-state index contributed by atoms with van der Waals surface area (Å²) in [5, 5.41) is 2.57. The van der Waals surface area contributed by atoms with Crippen molar-refractivity contribution in [3.05, 3.63) is 29.6 Å². The molecule has 0 aliphatic carbocycles. The molecule has 5 nitrogen and oxygen atoms in total. The van der Waals surface area contributed by atoms with E-state index >= 15 is 0 Å². The van der Waals surface area contributed by atoms with Crippen molar-refractivity contribution < 1.29 is 17.6 Å². The lowest BCUT2D eigenvalue weighted by atomic mass is 10.1. The average molecular weight is 272 g/mol. The largest absolute Gasteiger partial charge is 0.396 e. The maximum absolute atomic E-state index is 13.2. The Morgan fingerprint density at radius 1 is 1.44 bits per heavy atom. The second-order valence-electron chi connectivity index (χ2n) is 4.31. The third-order valence-corrected chi connectivity index (χ3v) is 4.60. The van der Waals surface area contributed by atoms with Crippen LogP contribution in [0.4, 0.5) is 10.1 Å². The normalized spacial score (nSPS) is 21.7. The Hall–Kier alpha value is -1.63. The number of hydrogen-bond acceptors (Lipinski definition) is 4. The molecular formula is C11H13FN2O3S. The van der Waals surface area contributed by atoms with E-state index in [9.17, 15) is 17.6 Å². The van der Waals surface area contributed by atoms with Crippen molar-refractivity contribution in [1.82, 2.24) is 5.32 Å². The van der Waals surface area contributed by atoms with Gasteiger partial charge >= 0.3 is 0 Å². The first-order valence-electron chi connectivity index (χ1n) is 5.44. The molecule has 0 bridgehead atoms. The van der Waals surface area contributed by atoms with Gasteiger partial charge in [0.15, 0.2) is 9.84 Å². The van der Waals surface area contributed by atoms with Crippen LogP contribution in [0.2, 0.25) is 0 Å². The molecule has 1 unspecified atom stereocenters. The fraction of sp³-hybridized carbons (Fsp3) is 0.364. The van der Waals surface area contributed by atoms with Gasteiger partial charge in [-0.3, -0.25) is 4.79 Å². The van der Waals surface area contributed by atoms with Crippen molar-refractivity contribution in [2.75, 3.05) is 17.2 Å². The van der Waals surface area contributed by atoms with Gasteiger partial charge in [-0.15, -0.1) is 0 Å². The number of carbonyl (C=O) groups is 1. The average Bonchev–Trinajstić information content (AvgIpc) is 2.62. The van der Waals surface area contributed by atoms with Crippen molar-refractivity contribution in [2.45, 2.75) is 12.5 Å². The molecule has 0 aromatic heterocycles. The number of anilines is 1. The highest BCUT2D eigenvalue weighted by atomic mass is 32.2. The number of hydrogen-bond donors (Lipinski definition) is 2. The molecule has 1 heterocycles. The number of nitrogen functional groups attached to an aromatic ring is 1. The Labute approximate surface area is 104 Å². The van der Waals surface area contributed by atoms with Crippen LogP contribution in [0.25, 0.3) is 0 Å². The van der Waals surface area contributed by atoms with Gasteiger partial charge in [-0.1, -0.05) is 0 Å². The van der Waals surface area contributed by atoms with E-state index in [1.165, 1.54) is 12.1 Å². The first kappa shape index (κ1) is 12.8.